The molecule has 19 heavy (non-hydrogen) atoms. The molecule has 11 heteroatoms. The molecule has 4 nitrogen and oxygen atoms in total. The van der Waals surface area contributed by atoms with Crippen molar-refractivity contribution in [2.75, 3.05) is 6.61 Å². The molecular formula is C8H12Cl6O4S. The summed E-state index contributed by atoms with van der Waals surface area (Å²) in [6.45, 7) is 1.44. The molecule has 0 bridgehead atoms. The van der Waals surface area contributed by atoms with E-state index in [-0.39, 0.29) is 6.61 Å². The highest BCUT2D eigenvalue weighted by molar-refractivity contribution is 7.80. The number of rotatable bonds is 2. The van der Waals surface area contributed by atoms with Gasteiger partial charge in [-0.15, -0.1) is 69.6 Å². The normalized spacial score (nSPS) is 39.4. The van der Waals surface area contributed by atoms with E-state index in [2.05, 4.69) is 4.18 Å². The van der Waals surface area contributed by atoms with E-state index in [0.29, 0.717) is 0 Å². The average Bonchev–Trinajstić information content (AvgIpc) is 2.31. The zero-order chi connectivity index (χ0) is 15.4. The largest absolute Gasteiger partial charge is 0.397 e. The smallest absolute Gasteiger partial charge is 0.264 e. The maximum Gasteiger partial charge on any atom is 0.397 e. The van der Waals surface area contributed by atoms with Crippen molar-refractivity contribution in [3.8, 4) is 0 Å². The third kappa shape index (κ3) is 6.94. The molecule has 0 aromatic rings. The second-order valence-electron chi connectivity index (χ2n) is 3.50. The second-order valence-corrected chi connectivity index (χ2v) is 7.62. The highest BCUT2D eigenvalue weighted by atomic mass is 35.5. The van der Waals surface area contributed by atoms with E-state index in [1.165, 1.54) is 6.92 Å². The van der Waals surface area contributed by atoms with Crippen LogP contribution in [0.3, 0.4) is 0 Å². The Morgan fingerprint density at radius 2 is 1.05 bits per heavy atom. The van der Waals surface area contributed by atoms with Gasteiger partial charge in [0, 0.05) is 0 Å². The summed E-state index contributed by atoms with van der Waals surface area (Å²) in [5.41, 5.74) is 0. The first-order chi connectivity index (χ1) is 8.52. The van der Waals surface area contributed by atoms with E-state index in [9.17, 15) is 8.42 Å². The predicted octanol–water partition coefficient (Wildman–Crippen LogP) is 3.47. The predicted molar refractivity (Wildman–Crippen MR) is 81.0 cm³/mol. The summed E-state index contributed by atoms with van der Waals surface area (Å²) < 4.78 is 30.7. The van der Waals surface area contributed by atoms with E-state index < -0.39 is 42.7 Å². The molecule has 0 saturated heterocycles. The molecule has 0 aromatic heterocycles. The van der Waals surface area contributed by atoms with Crippen molar-refractivity contribution in [2.24, 2.45) is 0 Å². The first kappa shape index (κ1) is 20.6. The van der Waals surface area contributed by atoms with Gasteiger partial charge in [-0.1, -0.05) is 0 Å². The summed E-state index contributed by atoms with van der Waals surface area (Å²) in [4.78, 5) is 0. The zero-order valence-corrected chi connectivity index (χ0v) is 14.9. The van der Waals surface area contributed by atoms with Gasteiger partial charge in [-0.25, -0.2) is 4.18 Å². The van der Waals surface area contributed by atoms with Gasteiger partial charge in [-0.3, -0.25) is 4.55 Å². The summed E-state index contributed by atoms with van der Waals surface area (Å²) in [5, 5.41) is -2.62. The van der Waals surface area contributed by atoms with Crippen LogP contribution in [0.4, 0.5) is 0 Å². The maximum atomic E-state index is 9.56. The van der Waals surface area contributed by atoms with Gasteiger partial charge in [0.1, 0.15) is 0 Å². The minimum atomic E-state index is -4.17. The fraction of sp³-hybridized carbons (Fsp3) is 1.00. The monoisotopic (exact) mass is 414 g/mol. The number of halogens is 6. The molecule has 0 aromatic carbocycles. The Balaban J connectivity index is 0.000000399. The van der Waals surface area contributed by atoms with E-state index >= 15 is 0 Å². The van der Waals surface area contributed by atoms with Gasteiger partial charge in [0.2, 0.25) is 0 Å². The van der Waals surface area contributed by atoms with Crippen LogP contribution in [0.1, 0.15) is 6.92 Å². The van der Waals surface area contributed by atoms with Gasteiger partial charge in [-0.2, -0.15) is 8.42 Å². The third-order valence-corrected chi connectivity index (χ3v) is 6.66. The molecule has 1 N–H and O–H groups in total. The molecule has 0 radical (unpaired) electrons. The minimum absolute atomic E-state index is 0.0289. The molecule has 0 amide bonds. The first-order valence-corrected chi connectivity index (χ1v) is 8.97. The summed E-state index contributed by atoms with van der Waals surface area (Å²) in [7, 11) is -4.17. The summed E-state index contributed by atoms with van der Waals surface area (Å²) in [6, 6.07) is 0. The fourth-order valence-corrected chi connectivity index (χ4v) is 3.83. The zero-order valence-electron chi connectivity index (χ0n) is 9.52. The molecule has 0 spiro atoms. The van der Waals surface area contributed by atoms with Crippen molar-refractivity contribution in [3.63, 3.8) is 0 Å². The van der Waals surface area contributed by atoms with Crippen molar-refractivity contribution in [2.45, 2.75) is 39.2 Å². The van der Waals surface area contributed by atoms with Gasteiger partial charge in [0.15, 0.2) is 0 Å². The first-order valence-electron chi connectivity index (χ1n) is 4.99. The molecule has 0 atom stereocenters. The quantitative estimate of drug-likeness (QED) is 0.553. The van der Waals surface area contributed by atoms with Crippen LogP contribution in [0, 0.1) is 0 Å². The fourth-order valence-electron chi connectivity index (χ4n) is 1.20. The molecular weight excluding hydrogens is 405 g/mol. The van der Waals surface area contributed by atoms with Crippen LogP contribution < -0.4 is 0 Å². The lowest BCUT2D eigenvalue weighted by Crippen LogP contribution is -2.52. The Kier molecular flexibility index (Phi) is 9.66. The van der Waals surface area contributed by atoms with Crippen LogP contribution in [0.15, 0.2) is 0 Å². The van der Waals surface area contributed by atoms with Crippen molar-refractivity contribution < 1.29 is 17.2 Å². The third-order valence-electron chi connectivity index (χ3n) is 2.09. The Morgan fingerprint density at radius 1 is 0.842 bits per heavy atom. The highest BCUT2D eigenvalue weighted by Crippen LogP contribution is 2.39. The van der Waals surface area contributed by atoms with Crippen molar-refractivity contribution >= 4 is 80.0 Å². The van der Waals surface area contributed by atoms with Gasteiger partial charge >= 0.3 is 10.4 Å². The molecule has 116 valence electrons. The van der Waals surface area contributed by atoms with Crippen LogP contribution in [0.2, 0.25) is 0 Å². The molecule has 0 unspecified atom stereocenters. The molecule has 1 saturated carbocycles. The van der Waals surface area contributed by atoms with E-state index in [1.54, 1.807) is 0 Å². The molecule has 0 aliphatic heterocycles. The van der Waals surface area contributed by atoms with Crippen LogP contribution in [0.25, 0.3) is 0 Å². The van der Waals surface area contributed by atoms with E-state index in [4.69, 9.17) is 74.2 Å². The van der Waals surface area contributed by atoms with Crippen molar-refractivity contribution in [1.82, 2.24) is 0 Å². The standard InChI is InChI=1S/C6H6Cl6.C2H6O4S/c7-1-2(8)4(10)6(12)5(11)3(1)9;1-2-6-7(3,4)5/h1-6H;2H2,1H3,(H,3,4,5)/t1-,2-,3-,4+,5+,6+;. The topological polar surface area (TPSA) is 63.6 Å². The van der Waals surface area contributed by atoms with E-state index in [0.717, 1.165) is 0 Å². The summed E-state index contributed by atoms with van der Waals surface area (Å²) in [6.07, 6.45) is 0. The van der Waals surface area contributed by atoms with Crippen LogP contribution in [0.5, 0.6) is 0 Å². The molecule has 0 heterocycles. The van der Waals surface area contributed by atoms with Crippen LogP contribution in [-0.2, 0) is 14.6 Å². The van der Waals surface area contributed by atoms with Crippen LogP contribution >= 0.6 is 69.6 Å². The van der Waals surface area contributed by atoms with Gasteiger partial charge < -0.3 is 0 Å². The summed E-state index contributed by atoms with van der Waals surface area (Å²) in [5.74, 6) is 0. The number of hydrogen-bond donors (Lipinski definition) is 1. The Hall–Kier alpha value is 1.61. The molecule has 1 fully saturated rings. The van der Waals surface area contributed by atoms with E-state index in [1.807, 2.05) is 0 Å². The minimum Gasteiger partial charge on any atom is -0.264 e. The SMILES string of the molecule is CCOS(=O)(=O)O.Cl[C@H]1[C@H](Cl)[C@@H](Cl)[C@@H](Cl)[C@H](Cl)[C@H]1Cl. The van der Waals surface area contributed by atoms with Gasteiger partial charge in [-0.05, 0) is 6.92 Å². The van der Waals surface area contributed by atoms with Crippen LogP contribution in [-0.4, -0.2) is 51.8 Å². The number of alkyl halides is 6. The lowest BCUT2D eigenvalue weighted by Gasteiger charge is -2.37. The van der Waals surface area contributed by atoms with Crippen molar-refractivity contribution in [3.05, 3.63) is 0 Å². The molecule has 1 rings (SSSR count). The lowest BCUT2D eigenvalue weighted by atomic mass is 9.97. The van der Waals surface area contributed by atoms with Gasteiger partial charge in [0.25, 0.3) is 0 Å². The maximum absolute atomic E-state index is 9.56. The van der Waals surface area contributed by atoms with Crippen molar-refractivity contribution in [1.29, 1.82) is 0 Å². The Bertz CT molecular complexity index is 308. The number of hydrogen-bond acceptors (Lipinski definition) is 3. The highest BCUT2D eigenvalue weighted by Gasteiger charge is 2.46. The lowest BCUT2D eigenvalue weighted by molar-refractivity contribution is 0.283. The second kappa shape index (κ2) is 8.91. The molecule has 1 aliphatic carbocycles. The summed E-state index contributed by atoms with van der Waals surface area (Å²) >= 11 is 35.3. The molecule has 1 aliphatic rings. The van der Waals surface area contributed by atoms with Gasteiger partial charge in [0.05, 0.1) is 38.9 Å². The Morgan fingerprint density at radius 3 is 1.11 bits per heavy atom. The Labute approximate surface area is 142 Å². The average molecular weight is 417 g/mol.